The van der Waals surface area contributed by atoms with Crippen molar-refractivity contribution in [1.29, 1.82) is 0 Å². The van der Waals surface area contributed by atoms with Crippen molar-refractivity contribution < 1.29 is 4.92 Å². The van der Waals surface area contributed by atoms with Crippen LogP contribution in [0.3, 0.4) is 0 Å². The number of para-hydroxylation sites is 1. The van der Waals surface area contributed by atoms with E-state index in [-0.39, 0.29) is 5.69 Å². The molecule has 4 aromatic rings. The molecule has 0 aliphatic heterocycles. The first-order chi connectivity index (χ1) is 11.7. The lowest BCUT2D eigenvalue weighted by molar-refractivity contribution is -0.384. The smallest absolute Gasteiger partial charge is 0.280 e. The Morgan fingerprint density at radius 3 is 2.75 bits per heavy atom. The second-order valence-electron chi connectivity index (χ2n) is 4.97. The summed E-state index contributed by atoms with van der Waals surface area (Å²) in [5.74, 6) is 0.844. The van der Waals surface area contributed by atoms with E-state index < -0.39 is 4.92 Å². The average molecular weight is 318 g/mol. The Bertz CT molecular complexity index is 1060. The highest BCUT2D eigenvalue weighted by Crippen LogP contribution is 2.28. The fraction of sp³-hybridized carbons (Fsp3) is 0. The first-order valence-corrected chi connectivity index (χ1v) is 7.09. The van der Waals surface area contributed by atoms with Crippen LogP contribution in [0.2, 0.25) is 0 Å². The van der Waals surface area contributed by atoms with Crippen LogP contribution in [0, 0.1) is 10.1 Å². The second-order valence-corrected chi connectivity index (χ2v) is 4.97. The van der Waals surface area contributed by atoms with Crippen molar-refractivity contribution in [3.8, 4) is 22.8 Å². The van der Waals surface area contributed by atoms with Gasteiger partial charge in [-0.25, -0.2) is 19.9 Å². The minimum Gasteiger partial charge on any atom is -0.282 e. The Balaban J connectivity index is 1.87. The van der Waals surface area contributed by atoms with Gasteiger partial charge in [0.2, 0.25) is 5.78 Å². The molecule has 0 spiro atoms. The van der Waals surface area contributed by atoms with Crippen LogP contribution in [0.4, 0.5) is 5.69 Å². The summed E-state index contributed by atoms with van der Waals surface area (Å²) >= 11 is 0. The van der Waals surface area contributed by atoms with E-state index in [9.17, 15) is 10.1 Å². The molecule has 0 saturated carbocycles. The molecule has 0 atom stereocenters. The highest BCUT2D eigenvalue weighted by Gasteiger charge is 2.17. The van der Waals surface area contributed by atoms with Gasteiger partial charge in [-0.3, -0.25) is 14.5 Å². The maximum absolute atomic E-state index is 11.2. The molecule has 4 rings (SSSR count). The monoisotopic (exact) mass is 318 g/mol. The molecule has 8 heteroatoms. The third-order valence-electron chi connectivity index (χ3n) is 3.55. The summed E-state index contributed by atoms with van der Waals surface area (Å²) < 4.78 is 1.80. The van der Waals surface area contributed by atoms with E-state index in [2.05, 4.69) is 19.9 Å². The maximum atomic E-state index is 11.2. The minimum absolute atomic E-state index is 0.0329. The fourth-order valence-electron chi connectivity index (χ4n) is 2.47. The number of fused-ring (bicyclic) bond motifs is 1. The third kappa shape index (κ3) is 2.26. The SMILES string of the molecule is O=[N+]([O-])c1ccccc1-c1nccc(-c2cnc3ncccn23)n1. The summed E-state index contributed by atoms with van der Waals surface area (Å²) in [6, 6.07) is 9.92. The molecule has 0 unspecified atom stereocenters. The average Bonchev–Trinajstić information content (AvgIpc) is 3.06. The molecule has 0 radical (unpaired) electrons. The Morgan fingerprint density at radius 1 is 1.00 bits per heavy atom. The summed E-state index contributed by atoms with van der Waals surface area (Å²) in [4.78, 5) is 27.8. The zero-order chi connectivity index (χ0) is 16.5. The molecule has 24 heavy (non-hydrogen) atoms. The van der Waals surface area contributed by atoms with Gasteiger partial charge in [0, 0.05) is 24.7 Å². The number of benzene rings is 1. The van der Waals surface area contributed by atoms with Gasteiger partial charge in [0.15, 0.2) is 5.82 Å². The van der Waals surface area contributed by atoms with Crippen molar-refractivity contribution in [3.63, 3.8) is 0 Å². The third-order valence-corrected chi connectivity index (χ3v) is 3.55. The van der Waals surface area contributed by atoms with Gasteiger partial charge < -0.3 is 0 Å². The number of hydrogen-bond acceptors (Lipinski definition) is 6. The predicted molar refractivity (Wildman–Crippen MR) is 86.1 cm³/mol. The number of nitro benzene ring substituents is 1. The fourth-order valence-corrected chi connectivity index (χ4v) is 2.47. The molecule has 0 aliphatic rings. The summed E-state index contributed by atoms with van der Waals surface area (Å²) in [5, 5.41) is 11.2. The molecule has 1 aromatic carbocycles. The first kappa shape index (κ1) is 13.9. The topological polar surface area (TPSA) is 99.1 Å². The van der Waals surface area contributed by atoms with E-state index in [0.29, 0.717) is 22.9 Å². The molecule has 0 amide bonds. The van der Waals surface area contributed by atoms with Gasteiger partial charge in [-0.15, -0.1) is 0 Å². The largest absolute Gasteiger partial charge is 0.282 e. The van der Waals surface area contributed by atoms with Gasteiger partial charge in [-0.2, -0.15) is 0 Å². The molecule has 0 aliphatic carbocycles. The van der Waals surface area contributed by atoms with Gasteiger partial charge in [0.05, 0.1) is 28.1 Å². The van der Waals surface area contributed by atoms with Gasteiger partial charge in [-0.05, 0) is 18.2 Å². The van der Waals surface area contributed by atoms with Gasteiger partial charge in [-0.1, -0.05) is 12.1 Å². The highest BCUT2D eigenvalue weighted by molar-refractivity contribution is 5.69. The lowest BCUT2D eigenvalue weighted by atomic mass is 10.1. The van der Waals surface area contributed by atoms with E-state index >= 15 is 0 Å². The molecule has 0 N–H and O–H groups in total. The van der Waals surface area contributed by atoms with E-state index in [1.165, 1.54) is 6.07 Å². The number of aromatic nitrogens is 5. The molecular formula is C16H10N6O2. The van der Waals surface area contributed by atoms with Crippen LogP contribution >= 0.6 is 0 Å². The number of imidazole rings is 1. The van der Waals surface area contributed by atoms with Gasteiger partial charge >= 0.3 is 0 Å². The highest BCUT2D eigenvalue weighted by atomic mass is 16.6. The summed E-state index contributed by atoms with van der Waals surface area (Å²) in [6.45, 7) is 0. The summed E-state index contributed by atoms with van der Waals surface area (Å²) in [6.07, 6.45) is 6.72. The summed E-state index contributed by atoms with van der Waals surface area (Å²) in [5.41, 5.74) is 1.68. The quantitative estimate of drug-likeness (QED) is 0.425. The van der Waals surface area contributed by atoms with Crippen molar-refractivity contribution in [1.82, 2.24) is 24.3 Å². The minimum atomic E-state index is -0.441. The molecule has 0 bridgehead atoms. The standard InChI is InChI=1S/C16H10N6O2/c23-22(24)13-5-2-1-4-11(13)15-17-8-6-12(20-15)14-10-19-16-18-7-3-9-21(14)16/h1-10H. The van der Waals surface area contributed by atoms with Gasteiger partial charge in [0.25, 0.3) is 5.69 Å². The Hall–Kier alpha value is -3.68. The van der Waals surface area contributed by atoms with Crippen LogP contribution in [-0.4, -0.2) is 29.3 Å². The molecule has 116 valence electrons. The zero-order valence-electron chi connectivity index (χ0n) is 12.3. The van der Waals surface area contributed by atoms with E-state index in [4.69, 9.17) is 0 Å². The van der Waals surface area contributed by atoms with Crippen LogP contribution < -0.4 is 0 Å². The number of nitro groups is 1. The van der Waals surface area contributed by atoms with Crippen molar-refractivity contribution in [3.05, 3.63) is 71.3 Å². The molecule has 0 saturated heterocycles. The Kier molecular flexibility index (Phi) is 3.20. The molecular weight excluding hydrogens is 308 g/mol. The van der Waals surface area contributed by atoms with Crippen molar-refractivity contribution >= 4 is 11.5 Å². The van der Waals surface area contributed by atoms with Crippen LogP contribution in [0.15, 0.2) is 61.2 Å². The number of nitrogens with zero attached hydrogens (tertiary/aromatic N) is 6. The van der Waals surface area contributed by atoms with Crippen LogP contribution in [0.1, 0.15) is 0 Å². The molecule has 8 nitrogen and oxygen atoms in total. The second kappa shape index (κ2) is 5.51. The Labute approximate surface area is 135 Å². The van der Waals surface area contributed by atoms with Crippen molar-refractivity contribution in [2.45, 2.75) is 0 Å². The van der Waals surface area contributed by atoms with Crippen molar-refractivity contribution in [2.24, 2.45) is 0 Å². The number of hydrogen-bond donors (Lipinski definition) is 0. The van der Waals surface area contributed by atoms with E-state index in [1.54, 1.807) is 53.3 Å². The predicted octanol–water partition coefficient (Wildman–Crippen LogP) is 2.76. The molecule has 0 fully saturated rings. The lowest BCUT2D eigenvalue weighted by Crippen LogP contribution is -1.97. The molecule has 3 aromatic heterocycles. The number of rotatable bonds is 3. The maximum Gasteiger partial charge on any atom is 0.280 e. The zero-order valence-corrected chi connectivity index (χ0v) is 12.3. The van der Waals surface area contributed by atoms with Crippen LogP contribution in [0.5, 0.6) is 0 Å². The Morgan fingerprint density at radius 2 is 1.88 bits per heavy atom. The van der Waals surface area contributed by atoms with Crippen LogP contribution in [-0.2, 0) is 0 Å². The molecule has 3 heterocycles. The first-order valence-electron chi connectivity index (χ1n) is 7.09. The lowest BCUT2D eigenvalue weighted by Gasteiger charge is -2.04. The van der Waals surface area contributed by atoms with E-state index in [0.717, 1.165) is 5.69 Å². The van der Waals surface area contributed by atoms with E-state index in [1.807, 2.05) is 6.20 Å². The normalized spacial score (nSPS) is 10.8. The summed E-state index contributed by atoms with van der Waals surface area (Å²) in [7, 11) is 0. The van der Waals surface area contributed by atoms with Crippen molar-refractivity contribution in [2.75, 3.05) is 0 Å². The van der Waals surface area contributed by atoms with Gasteiger partial charge in [0.1, 0.15) is 0 Å². The van der Waals surface area contributed by atoms with Crippen LogP contribution in [0.25, 0.3) is 28.6 Å².